The molecule has 0 unspecified atom stereocenters. The van der Waals surface area contributed by atoms with Crippen molar-refractivity contribution in [1.82, 2.24) is 4.98 Å². The van der Waals surface area contributed by atoms with Crippen molar-refractivity contribution in [2.24, 2.45) is 0 Å². The summed E-state index contributed by atoms with van der Waals surface area (Å²) < 4.78 is 5.58. The molecule has 0 bridgehead atoms. The first-order valence-corrected chi connectivity index (χ1v) is 5.19. The molecule has 1 aromatic rings. The van der Waals surface area contributed by atoms with Crippen molar-refractivity contribution in [3.8, 4) is 5.88 Å². The maximum absolute atomic E-state index is 5.58. The lowest BCUT2D eigenvalue weighted by atomic mass is 9.88. The summed E-state index contributed by atoms with van der Waals surface area (Å²) >= 11 is 0. The van der Waals surface area contributed by atoms with Gasteiger partial charge in [0.05, 0.1) is 0 Å². The molecule has 1 fully saturated rings. The second kappa shape index (κ2) is 3.26. The molecule has 1 aromatic heterocycles. The first-order chi connectivity index (χ1) is 6.55. The average molecular weight is 191 g/mol. The highest BCUT2D eigenvalue weighted by Gasteiger charge is 2.24. The molecule has 1 aliphatic carbocycles. The largest absolute Gasteiger partial charge is 0.474 e. The van der Waals surface area contributed by atoms with E-state index in [-0.39, 0.29) is 5.41 Å². The van der Waals surface area contributed by atoms with Crippen LogP contribution in [-0.4, -0.2) is 11.1 Å². The Hall–Kier alpha value is -1.05. The number of hydrogen-bond donors (Lipinski definition) is 0. The van der Waals surface area contributed by atoms with E-state index in [9.17, 15) is 0 Å². The van der Waals surface area contributed by atoms with Crippen molar-refractivity contribution < 1.29 is 4.74 Å². The average Bonchev–Trinajstić information content (AvgIpc) is 2.88. The van der Waals surface area contributed by atoms with Crippen LogP contribution in [0.3, 0.4) is 0 Å². The fourth-order valence-electron chi connectivity index (χ4n) is 1.25. The van der Waals surface area contributed by atoms with Crippen molar-refractivity contribution in [3.63, 3.8) is 0 Å². The van der Waals surface area contributed by atoms with E-state index in [1.165, 1.54) is 18.4 Å². The fraction of sp³-hybridized carbons (Fsp3) is 0.583. The summed E-state index contributed by atoms with van der Waals surface area (Å²) in [6, 6.07) is 4.07. The van der Waals surface area contributed by atoms with Gasteiger partial charge in [-0.1, -0.05) is 26.8 Å². The van der Waals surface area contributed by atoms with Gasteiger partial charge in [-0.15, -0.1) is 0 Å². The van der Waals surface area contributed by atoms with E-state index in [0.717, 1.165) is 5.88 Å². The van der Waals surface area contributed by atoms with Gasteiger partial charge in [0.1, 0.15) is 6.10 Å². The molecule has 14 heavy (non-hydrogen) atoms. The zero-order valence-electron chi connectivity index (χ0n) is 9.08. The lowest BCUT2D eigenvalue weighted by Gasteiger charge is -2.18. The fourth-order valence-corrected chi connectivity index (χ4v) is 1.25. The van der Waals surface area contributed by atoms with Gasteiger partial charge < -0.3 is 4.74 Å². The lowest BCUT2D eigenvalue weighted by Crippen LogP contribution is -2.11. The quantitative estimate of drug-likeness (QED) is 0.717. The topological polar surface area (TPSA) is 22.1 Å². The van der Waals surface area contributed by atoms with Crippen molar-refractivity contribution in [2.45, 2.75) is 45.1 Å². The highest BCUT2D eigenvalue weighted by atomic mass is 16.5. The third kappa shape index (κ3) is 2.25. The Kier molecular flexibility index (Phi) is 2.22. The number of aromatic nitrogens is 1. The molecule has 0 radical (unpaired) electrons. The molecule has 0 aromatic carbocycles. The molecule has 1 saturated carbocycles. The molecule has 2 nitrogen and oxygen atoms in total. The number of hydrogen-bond acceptors (Lipinski definition) is 2. The molecule has 0 saturated heterocycles. The third-order valence-corrected chi connectivity index (χ3v) is 2.41. The van der Waals surface area contributed by atoms with Crippen LogP contribution in [0.25, 0.3) is 0 Å². The minimum absolute atomic E-state index is 0.172. The van der Waals surface area contributed by atoms with E-state index in [1.807, 2.05) is 12.3 Å². The first kappa shape index (κ1) is 9.50. The van der Waals surface area contributed by atoms with Crippen LogP contribution in [0, 0.1) is 0 Å². The molecule has 0 aliphatic heterocycles. The second-order valence-electron chi connectivity index (χ2n) is 4.95. The molecule has 1 aliphatic rings. The summed E-state index contributed by atoms with van der Waals surface area (Å²) in [5.74, 6) is 0.764. The summed E-state index contributed by atoms with van der Waals surface area (Å²) in [6.45, 7) is 6.56. The molecule has 0 spiro atoms. The SMILES string of the molecule is CC(C)(C)c1ccc(OC2CC2)nc1. The number of nitrogens with zero attached hydrogens (tertiary/aromatic N) is 1. The standard InChI is InChI=1S/C12H17NO/c1-12(2,3)9-4-7-11(13-8-9)14-10-5-6-10/h4,7-8,10H,5-6H2,1-3H3. The number of pyridine rings is 1. The van der Waals surface area contributed by atoms with Crippen LogP contribution in [-0.2, 0) is 5.41 Å². The van der Waals surface area contributed by atoms with Crippen molar-refractivity contribution >= 4 is 0 Å². The molecule has 2 heteroatoms. The van der Waals surface area contributed by atoms with Crippen molar-refractivity contribution in [1.29, 1.82) is 0 Å². The van der Waals surface area contributed by atoms with Crippen LogP contribution in [0.15, 0.2) is 18.3 Å². The Labute approximate surface area is 85.3 Å². The summed E-state index contributed by atoms with van der Waals surface area (Å²) in [5, 5.41) is 0. The summed E-state index contributed by atoms with van der Waals surface area (Å²) in [7, 11) is 0. The van der Waals surface area contributed by atoms with Crippen LogP contribution in [0.1, 0.15) is 39.2 Å². The van der Waals surface area contributed by atoms with Crippen molar-refractivity contribution in [3.05, 3.63) is 23.9 Å². The second-order valence-corrected chi connectivity index (χ2v) is 4.95. The Morgan fingerprint density at radius 1 is 1.29 bits per heavy atom. The van der Waals surface area contributed by atoms with Gasteiger partial charge in [-0.25, -0.2) is 4.98 Å². The van der Waals surface area contributed by atoms with E-state index in [2.05, 4.69) is 31.8 Å². The van der Waals surface area contributed by atoms with Gasteiger partial charge >= 0.3 is 0 Å². The van der Waals surface area contributed by atoms with E-state index in [0.29, 0.717) is 6.10 Å². The Morgan fingerprint density at radius 2 is 2.00 bits per heavy atom. The van der Waals surface area contributed by atoms with E-state index >= 15 is 0 Å². The molecule has 0 atom stereocenters. The first-order valence-electron chi connectivity index (χ1n) is 5.19. The highest BCUT2D eigenvalue weighted by molar-refractivity contribution is 5.23. The van der Waals surface area contributed by atoms with Crippen LogP contribution in [0.4, 0.5) is 0 Å². The predicted molar refractivity (Wildman–Crippen MR) is 56.6 cm³/mol. The zero-order valence-corrected chi connectivity index (χ0v) is 9.08. The molecular formula is C12H17NO. The minimum Gasteiger partial charge on any atom is -0.474 e. The van der Waals surface area contributed by atoms with Crippen LogP contribution >= 0.6 is 0 Å². The maximum Gasteiger partial charge on any atom is 0.213 e. The Morgan fingerprint density at radius 3 is 2.43 bits per heavy atom. The van der Waals surface area contributed by atoms with Gasteiger partial charge in [-0.2, -0.15) is 0 Å². The van der Waals surface area contributed by atoms with E-state index < -0.39 is 0 Å². The Balaban J connectivity index is 2.08. The van der Waals surface area contributed by atoms with Gasteiger partial charge in [-0.3, -0.25) is 0 Å². The van der Waals surface area contributed by atoms with E-state index in [4.69, 9.17) is 4.74 Å². The van der Waals surface area contributed by atoms with Gasteiger partial charge in [-0.05, 0) is 23.8 Å². The van der Waals surface area contributed by atoms with Crippen LogP contribution < -0.4 is 4.74 Å². The molecular weight excluding hydrogens is 174 g/mol. The number of rotatable bonds is 2. The molecule has 1 heterocycles. The van der Waals surface area contributed by atoms with Crippen LogP contribution in [0.2, 0.25) is 0 Å². The molecule has 0 amide bonds. The zero-order chi connectivity index (χ0) is 10.2. The van der Waals surface area contributed by atoms with Gasteiger partial charge in [0.2, 0.25) is 5.88 Å². The highest BCUT2D eigenvalue weighted by Crippen LogP contribution is 2.27. The van der Waals surface area contributed by atoms with E-state index in [1.54, 1.807) is 0 Å². The summed E-state index contributed by atoms with van der Waals surface area (Å²) in [6.07, 6.45) is 4.71. The predicted octanol–water partition coefficient (Wildman–Crippen LogP) is 2.92. The molecule has 76 valence electrons. The molecule has 0 N–H and O–H groups in total. The van der Waals surface area contributed by atoms with Crippen LogP contribution in [0.5, 0.6) is 5.88 Å². The minimum atomic E-state index is 0.172. The smallest absolute Gasteiger partial charge is 0.213 e. The normalized spacial score (nSPS) is 16.8. The summed E-state index contributed by atoms with van der Waals surface area (Å²) in [5.41, 5.74) is 1.42. The summed E-state index contributed by atoms with van der Waals surface area (Å²) in [4.78, 5) is 4.30. The van der Waals surface area contributed by atoms with Crippen molar-refractivity contribution in [2.75, 3.05) is 0 Å². The Bertz CT molecular complexity index is 306. The lowest BCUT2D eigenvalue weighted by molar-refractivity contribution is 0.290. The maximum atomic E-state index is 5.58. The van der Waals surface area contributed by atoms with Gasteiger partial charge in [0.15, 0.2) is 0 Å². The third-order valence-electron chi connectivity index (χ3n) is 2.41. The number of ether oxygens (including phenoxy) is 1. The van der Waals surface area contributed by atoms with Gasteiger partial charge in [0.25, 0.3) is 0 Å². The monoisotopic (exact) mass is 191 g/mol. The molecule has 2 rings (SSSR count). The van der Waals surface area contributed by atoms with Gasteiger partial charge in [0, 0.05) is 12.3 Å².